The van der Waals surface area contributed by atoms with E-state index in [2.05, 4.69) is 9.71 Å². The van der Waals surface area contributed by atoms with Crippen LogP contribution in [0.5, 0.6) is 0 Å². The molecular formula is C25H25N3O5S. The normalized spacial score (nSPS) is 16.0. The van der Waals surface area contributed by atoms with Gasteiger partial charge in [-0.2, -0.15) is 0 Å². The van der Waals surface area contributed by atoms with Gasteiger partial charge in [-0.15, -0.1) is 0 Å². The first kappa shape index (κ1) is 23.4. The Morgan fingerprint density at radius 2 is 1.74 bits per heavy atom. The van der Waals surface area contributed by atoms with Crippen molar-refractivity contribution in [3.63, 3.8) is 0 Å². The van der Waals surface area contributed by atoms with Crippen LogP contribution in [0.25, 0.3) is 5.69 Å². The summed E-state index contributed by atoms with van der Waals surface area (Å²) in [6.45, 7) is 5.34. The molecule has 2 heterocycles. The van der Waals surface area contributed by atoms with E-state index in [4.69, 9.17) is 4.74 Å². The minimum atomic E-state index is -3.64. The molecule has 0 aliphatic carbocycles. The number of para-hydroxylation sites is 1. The van der Waals surface area contributed by atoms with Crippen LogP contribution in [0.15, 0.2) is 70.6 Å². The molecule has 176 valence electrons. The van der Waals surface area contributed by atoms with Gasteiger partial charge < -0.3 is 9.30 Å². The number of nitrogens with zero attached hydrogens (tertiary/aromatic N) is 2. The van der Waals surface area contributed by atoms with Crippen molar-refractivity contribution in [1.82, 2.24) is 9.29 Å². The Morgan fingerprint density at radius 3 is 2.47 bits per heavy atom. The van der Waals surface area contributed by atoms with Crippen LogP contribution in [0.3, 0.4) is 0 Å². The Kier molecular flexibility index (Phi) is 6.39. The molecule has 34 heavy (non-hydrogen) atoms. The molecule has 1 atom stereocenters. The topological polar surface area (TPSA) is 107 Å². The number of benzene rings is 2. The summed E-state index contributed by atoms with van der Waals surface area (Å²) in [5.41, 5.74) is 3.59. The lowest BCUT2D eigenvalue weighted by Gasteiger charge is -2.13. The minimum absolute atomic E-state index is 0.0223. The summed E-state index contributed by atoms with van der Waals surface area (Å²) < 4.78 is 34.0. The lowest BCUT2D eigenvalue weighted by molar-refractivity contribution is -0.146. The van der Waals surface area contributed by atoms with E-state index in [1.165, 1.54) is 6.07 Å². The van der Waals surface area contributed by atoms with Crippen molar-refractivity contribution in [2.75, 3.05) is 6.54 Å². The number of aryl methyl sites for hydroxylation is 1. The number of rotatable bonds is 7. The number of amidine groups is 1. The molecule has 4 rings (SSSR count). The molecule has 0 spiro atoms. The highest BCUT2D eigenvalue weighted by atomic mass is 32.2. The Bertz CT molecular complexity index is 1390. The van der Waals surface area contributed by atoms with Gasteiger partial charge in [-0.1, -0.05) is 30.3 Å². The average molecular weight is 480 g/mol. The first-order valence-corrected chi connectivity index (χ1v) is 12.3. The van der Waals surface area contributed by atoms with Crippen LogP contribution in [-0.2, 0) is 19.6 Å². The highest BCUT2D eigenvalue weighted by Gasteiger charge is 2.30. The van der Waals surface area contributed by atoms with E-state index in [-0.39, 0.29) is 29.5 Å². The van der Waals surface area contributed by atoms with Gasteiger partial charge in [0.2, 0.25) is 5.78 Å². The van der Waals surface area contributed by atoms with Crippen molar-refractivity contribution >= 4 is 27.6 Å². The first-order valence-electron chi connectivity index (χ1n) is 10.8. The van der Waals surface area contributed by atoms with Crippen molar-refractivity contribution in [2.24, 2.45) is 4.99 Å². The molecule has 1 aliphatic heterocycles. The highest BCUT2D eigenvalue weighted by molar-refractivity contribution is 7.90. The van der Waals surface area contributed by atoms with E-state index < -0.39 is 22.1 Å². The number of Topliss-reactive ketones (excluding diaryl/α,β-unsaturated/α-hetero) is 1. The van der Waals surface area contributed by atoms with Crippen molar-refractivity contribution in [1.29, 1.82) is 0 Å². The molecule has 9 heteroatoms. The molecule has 0 unspecified atom stereocenters. The summed E-state index contributed by atoms with van der Waals surface area (Å²) in [7, 11) is -3.64. The molecule has 0 bridgehead atoms. The summed E-state index contributed by atoms with van der Waals surface area (Å²) in [5.74, 6) is -0.676. The number of aromatic nitrogens is 1. The third-order valence-corrected chi connectivity index (χ3v) is 7.03. The zero-order valence-corrected chi connectivity index (χ0v) is 19.9. The standard InChI is InChI=1S/C25H25N3O5S/c1-16-15-21(17(2)28(16)19-9-5-4-6-10-19)24(30)18(3)33-23(29)13-14-26-25-20-11-7-8-12-22(20)34(31,32)27-25/h4-12,15,18H,13-14H2,1-3H3,(H,26,27)/t18-/m1/s1. The molecular weight excluding hydrogens is 454 g/mol. The third-order valence-electron chi connectivity index (χ3n) is 5.64. The predicted molar refractivity (Wildman–Crippen MR) is 128 cm³/mol. The van der Waals surface area contributed by atoms with Gasteiger partial charge in [0.25, 0.3) is 10.0 Å². The Balaban J connectivity index is 1.39. The number of hydrogen-bond donors (Lipinski definition) is 1. The van der Waals surface area contributed by atoms with E-state index in [9.17, 15) is 18.0 Å². The number of aliphatic imine (C=N–C) groups is 1. The van der Waals surface area contributed by atoms with Crippen LogP contribution in [0.4, 0.5) is 0 Å². The third kappa shape index (κ3) is 4.51. The molecule has 0 saturated heterocycles. The van der Waals surface area contributed by atoms with Gasteiger partial charge in [0, 0.05) is 28.2 Å². The number of carbonyl (C=O) groups excluding carboxylic acids is 2. The zero-order chi connectivity index (χ0) is 24.5. The Morgan fingerprint density at radius 1 is 1.06 bits per heavy atom. The van der Waals surface area contributed by atoms with Gasteiger partial charge in [0.15, 0.2) is 6.10 Å². The van der Waals surface area contributed by atoms with Gasteiger partial charge >= 0.3 is 5.97 Å². The van der Waals surface area contributed by atoms with Gasteiger partial charge in [-0.25, -0.2) is 8.42 Å². The van der Waals surface area contributed by atoms with Gasteiger partial charge in [0.1, 0.15) is 5.84 Å². The van der Waals surface area contributed by atoms with Gasteiger partial charge in [0.05, 0.1) is 17.9 Å². The van der Waals surface area contributed by atoms with Gasteiger partial charge in [-0.3, -0.25) is 19.3 Å². The van der Waals surface area contributed by atoms with E-state index in [1.54, 1.807) is 31.2 Å². The van der Waals surface area contributed by atoms with Crippen LogP contribution in [0.2, 0.25) is 0 Å². The van der Waals surface area contributed by atoms with E-state index >= 15 is 0 Å². The minimum Gasteiger partial charge on any atom is -0.454 e. The average Bonchev–Trinajstić information content (AvgIpc) is 3.25. The maximum atomic E-state index is 13.0. The molecule has 0 radical (unpaired) electrons. The predicted octanol–water partition coefficient (Wildman–Crippen LogP) is 3.34. The SMILES string of the molecule is Cc1cc(C(=O)[C@@H](C)OC(=O)CCN=C2NS(=O)(=O)c3ccccc32)c(C)n1-c1ccccc1. The number of sulfonamides is 1. The Hall–Kier alpha value is -3.72. The summed E-state index contributed by atoms with van der Waals surface area (Å²) >= 11 is 0. The van der Waals surface area contributed by atoms with Crippen LogP contribution < -0.4 is 4.72 Å². The largest absolute Gasteiger partial charge is 0.454 e. The van der Waals surface area contributed by atoms with Crippen LogP contribution >= 0.6 is 0 Å². The van der Waals surface area contributed by atoms with Crippen LogP contribution in [0, 0.1) is 13.8 Å². The van der Waals surface area contributed by atoms with Crippen molar-refractivity contribution in [2.45, 2.75) is 38.2 Å². The molecule has 1 aliphatic rings. The molecule has 0 amide bonds. The van der Waals surface area contributed by atoms with Gasteiger partial charge in [-0.05, 0) is 51.1 Å². The maximum absolute atomic E-state index is 13.0. The fourth-order valence-corrected chi connectivity index (χ4v) is 5.28. The number of ketones is 1. The second-order valence-corrected chi connectivity index (χ2v) is 9.68. The second-order valence-electron chi connectivity index (χ2n) is 8.03. The van der Waals surface area contributed by atoms with E-state index in [0.29, 0.717) is 11.1 Å². The van der Waals surface area contributed by atoms with Crippen molar-refractivity contribution in [3.8, 4) is 5.69 Å². The smallest absolute Gasteiger partial charge is 0.308 e. The summed E-state index contributed by atoms with van der Waals surface area (Å²) in [6, 6.07) is 18.0. The number of carbonyl (C=O) groups is 2. The molecule has 8 nitrogen and oxygen atoms in total. The fourth-order valence-electron chi connectivity index (χ4n) is 4.03. The summed E-state index contributed by atoms with van der Waals surface area (Å²) in [4.78, 5) is 29.7. The number of hydrogen-bond acceptors (Lipinski definition) is 6. The quantitative estimate of drug-likeness (QED) is 0.413. The van der Waals surface area contributed by atoms with Crippen LogP contribution in [0.1, 0.15) is 40.7 Å². The van der Waals surface area contributed by atoms with Crippen molar-refractivity contribution < 1.29 is 22.7 Å². The molecule has 1 aromatic heterocycles. The number of esters is 1. The van der Waals surface area contributed by atoms with Crippen molar-refractivity contribution in [3.05, 3.63) is 83.2 Å². The monoisotopic (exact) mass is 479 g/mol. The number of nitrogens with one attached hydrogen (secondary N) is 1. The molecule has 2 aromatic carbocycles. The first-order chi connectivity index (χ1) is 16.2. The highest BCUT2D eigenvalue weighted by Crippen LogP contribution is 2.23. The molecule has 3 aromatic rings. The number of ether oxygens (including phenoxy) is 1. The lowest BCUT2D eigenvalue weighted by Crippen LogP contribution is -2.25. The summed E-state index contributed by atoms with van der Waals surface area (Å²) in [5, 5.41) is 0. The van der Waals surface area contributed by atoms with E-state index in [0.717, 1.165) is 17.1 Å². The van der Waals surface area contributed by atoms with Crippen LogP contribution in [-0.4, -0.2) is 43.2 Å². The molecule has 0 saturated carbocycles. The lowest BCUT2D eigenvalue weighted by atomic mass is 10.1. The van der Waals surface area contributed by atoms with E-state index in [1.807, 2.05) is 48.7 Å². The molecule has 0 fully saturated rings. The zero-order valence-electron chi connectivity index (χ0n) is 19.1. The summed E-state index contributed by atoms with van der Waals surface area (Å²) in [6.07, 6.45) is -1.05. The fraction of sp³-hybridized carbons (Fsp3) is 0.240. The molecule has 1 N–H and O–H groups in total. The number of fused-ring (bicyclic) bond motifs is 1. The maximum Gasteiger partial charge on any atom is 0.308 e. The Labute approximate surface area is 198 Å². The second kappa shape index (κ2) is 9.26.